The van der Waals surface area contributed by atoms with E-state index in [1.165, 1.54) is 38.9 Å². The van der Waals surface area contributed by atoms with Crippen LogP contribution in [0, 0.1) is 0 Å². The Hall–Kier alpha value is 0.790. The SMILES string of the molecule is CC[CH2][In]([CH2]CCN(CC)C(C)C)[CH2]CCN(C(C)C)C(C)C. The van der Waals surface area contributed by atoms with Crippen LogP contribution in [0.2, 0.25) is 12.5 Å². The maximum absolute atomic E-state index is 2.67. The van der Waals surface area contributed by atoms with E-state index in [9.17, 15) is 0 Å². The van der Waals surface area contributed by atoms with Crippen LogP contribution in [0.4, 0.5) is 0 Å². The van der Waals surface area contributed by atoms with E-state index in [2.05, 4.69) is 65.2 Å². The zero-order valence-electron chi connectivity index (χ0n) is 17.6. The van der Waals surface area contributed by atoms with Crippen molar-refractivity contribution in [2.75, 3.05) is 19.6 Å². The first kappa shape index (κ1) is 23.8. The van der Waals surface area contributed by atoms with E-state index in [-0.39, 0.29) is 0 Å². The van der Waals surface area contributed by atoms with Gasteiger partial charge in [-0.3, -0.25) is 0 Å². The zero-order valence-corrected chi connectivity index (χ0v) is 20.9. The Kier molecular flexibility index (Phi) is 14.5. The average Bonchev–Trinajstić information content (AvgIpc) is 2.46. The topological polar surface area (TPSA) is 6.48 Å². The van der Waals surface area contributed by atoms with E-state index < -0.39 is 21.4 Å². The Morgan fingerprint density at radius 2 is 1.22 bits per heavy atom. The van der Waals surface area contributed by atoms with Crippen LogP contribution in [0.5, 0.6) is 0 Å². The number of hydrogen-bond acceptors (Lipinski definition) is 2. The second-order valence-corrected chi connectivity index (χ2v) is 18.0. The minimum atomic E-state index is -1.25. The molecule has 0 aromatic rings. The first-order valence-corrected chi connectivity index (χ1v) is 17.3. The molecule has 2 nitrogen and oxygen atoms in total. The van der Waals surface area contributed by atoms with Crippen LogP contribution >= 0.6 is 0 Å². The summed E-state index contributed by atoms with van der Waals surface area (Å²) in [6.45, 7) is 22.6. The van der Waals surface area contributed by atoms with Crippen molar-refractivity contribution in [3.05, 3.63) is 0 Å². The van der Waals surface area contributed by atoms with Gasteiger partial charge in [0.25, 0.3) is 0 Å². The summed E-state index contributed by atoms with van der Waals surface area (Å²) >= 11 is -1.25. The van der Waals surface area contributed by atoms with E-state index in [0.717, 1.165) is 0 Å². The predicted octanol–water partition coefficient (Wildman–Crippen LogP) is 5.52. The molecule has 0 aliphatic carbocycles. The maximum atomic E-state index is 2.67. The fourth-order valence-electron chi connectivity index (χ4n) is 3.88. The fourth-order valence-corrected chi connectivity index (χ4v) is 13.0. The first-order valence-electron chi connectivity index (χ1n) is 10.3. The van der Waals surface area contributed by atoms with E-state index >= 15 is 0 Å². The second kappa shape index (κ2) is 14.0. The molecule has 0 saturated heterocycles. The van der Waals surface area contributed by atoms with Gasteiger partial charge in [-0.25, -0.2) is 0 Å². The van der Waals surface area contributed by atoms with Crippen LogP contribution in [0.1, 0.15) is 74.7 Å². The Morgan fingerprint density at radius 3 is 1.61 bits per heavy atom. The Bertz CT molecular complexity index is 258. The summed E-state index contributed by atoms with van der Waals surface area (Å²) in [5.41, 5.74) is 0. The number of nitrogens with zero attached hydrogens (tertiary/aromatic N) is 2. The molecule has 3 heteroatoms. The third kappa shape index (κ3) is 11.1. The third-order valence-corrected chi connectivity index (χ3v) is 16.2. The minimum absolute atomic E-state index is 0.693. The van der Waals surface area contributed by atoms with E-state index in [1.807, 2.05) is 0 Å². The molecule has 0 spiro atoms. The van der Waals surface area contributed by atoms with Gasteiger partial charge in [0, 0.05) is 0 Å². The summed E-state index contributed by atoms with van der Waals surface area (Å²) < 4.78 is 4.88. The average molecular weight is 428 g/mol. The van der Waals surface area contributed by atoms with Crippen LogP contribution in [0.3, 0.4) is 0 Å². The van der Waals surface area contributed by atoms with Gasteiger partial charge in [0.1, 0.15) is 0 Å². The van der Waals surface area contributed by atoms with Crippen LogP contribution in [-0.2, 0) is 0 Å². The van der Waals surface area contributed by atoms with Crippen molar-refractivity contribution in [3.63, 3.8) is 0 Å². The van der Waals surface area contributed by atoms with Gasteiger partial charge in [-0.1, -0.05) is 0 Å². The molecule has 23 heavy (non-hydrogen) atoms. The summed E-state index contributed by atoms with van der Waals surface area (Å²) in [6, 6.07) is 2.10. The van der Waals surface area contributed by atoms with E-state index in [4.69, 9.17) is 0 Å². The molecule has 138 valence electrons. The van der Waals surface area contributed by atoms with Crippen molar-refractivity contribution in [1.29, 1.82) is 0 Å². The van der Waals surface area contributed by atoms with Crippen molar-refractivity contribution in [2.24, 2.45) is 0 Å². The molecule has 0 fully saturated rings. The van der Waals surface area contributed by atoms with Gasteiger partial charge in [-0.2, -0.15) is 0 Å². The molecule has 0 atom stereocenters. The Labute approximate surface area is 155 Å². The quantitative estimate of drug-likeness (QED) is 0.360. The molecule has 0 radical (unpaired) electrons. The molecule has 0 bridgehead atoms. The van der Waals surface area contributed by atoms with Gasteiger partial charge in [-0.15, -0.1) is 0 Å². The molecule has 0 aromatic heterocycles. The van der Waals surface area contributed by atoms with Gasteiger partial charge < -0.3 is 0 Å². The Balaban J connectivity index is 4.15. The van der Waals surface area contributed by atoms with Crippen LogP contribution in [-0.4, -0.2) is 69.0 Å². The van der Waals surface area contributed by atoms with Gasteiger partial charge in [-0.05, 0) is 0 Å². The van der Waals surface area contributed by atoms with Gasteiger partial charge in [0.15, 0.2) is 0 Å². The third-order valence-electron chi connectivity index (χ3n) is 5.25. The summed E-state index contributed by atoms with van der Waals surface area (Å²) in [7, 11) is 0. The molecule has 0 amide bonds. The number of hydrogen-bond donors (Lipinski definition) is 0. The summed E-state index contributed by atoms with van der Waals surface area (Å²) in [5.74, 6) is 0. The molecule has 0 heterocycles. The number of rotatable bonds is 14. The molecular weight excluding hydrogens is 383 g/mol. The van der Waals surface area contributed by atoms with Gasteiger partial charge in [0.2, 0.25) is 0 Å². The summed E-state index contributed by atoms with van der Waals surface area (Å²) in [5, 5.41) is 0. The second-order valence-electron chi connectivity index (χ2n) is 8.09. The van der Waals surface area contributed by atoms with Crippen LogP contribution in [0.15, 0.2) is 0 Å². The van der Waals surface area contributed by atoms with Crippen LogP contribution in [0.25, 0.3) is 0 Å². The van der Waals surface area contributed by atoms with Crippen molar-refractivity contribution in [2.45, 2.75) is 105 Å². The molecule has 0 unspecified atom stereocenters. The fraction of sp³-hybridized carbons (Fsp3) is 1.00. The van der Waals surface area contributed by atoms with E-state index in [1.54, 1.807) is 12.5 Å². The van der Waals surface area contributed by atoms with Crippen molar-refractivity contribution < 1.29 is 0 Å². The summed E-state index contributed by atoms with van der Waals surface area (Å²) in [6.07, 6.45) is 4.35. The summed E-state index contributed by atoms with van der Waals surface area (Å²) in [4.78, 5) is 5.31. The molecule has 0 aliphatic rings. The Morgan fingerprint density at radius 1 is 0.696 bits per heavy atom. The van der Waals surface area contributed by atoms with Crippen molar-refractivity contribution in [1.82, 2.24) is 9.80 Å². The van der Waals surface area contributed by atoms with Crippen LogP contribution < -0.4 is 0 Å². The van der Waals surface area contributed by atoms with E-state index in [0.29, 0.717) is 18.1 Å². The van der Waals surface area contributed by atoms with Gasteiger partial charge >= 0.3 is 156 Å². The normalized spacial score (nSPS) is 12.4. The van der Waals surface area contributed by atoms with Crippen molar-refractivity contribution in [3.8, 4) is 0 Å². The molecular formula is C20H45InN2. The van der Waals surface area contributed by atoms with Crippen molar-refractivity contribution >= 4 is 21.4 Å². The molecule has 0 saturated carbocycles. The molecule has 0 N–H and O–H groups in total. The zero-order chi connectivity index (χ0) is 17.8. The monoisotopic (exact) mass is 428 g/mol. The first-order chi connectivity index (χ1) is 10.8. The van der Waals surface area contributed by atoms with Gasteiger partial charge in [0.05, 0.1) is 0 Å². The predicted molar refractivity (Wildman–Crippen MR) is 109 cm³/mol. The molecule has 0 aliphatic heterocycles. The standard InChI is InChI=1S/C9H20N.C8H18N.C3H7.In/c1-6-7-10(8(2)3)9(4)5;1-5-7-9(6-2)8(3)4;1-3-2;/h8-9H,1,6-7H2,2-5H3;8H,1,5-7H2,2-4H3;1,3H2,2H3;. The molecule has 0 rings (SSSR count). The molecule has 0 aromatic carbocycles.